The molecule has 21 heavy (non-hydrogen) atoms. The Morgan fingerprint density at radius 2 is 2.24 bits per heavy atom. The summed E-state index contributed by atoms with van der Waals surface area (Å²) >= 11 is 0. The number of halogens is 1. The van der Waals surface area contributed by atoms with E-state index in [1.165, 1.54) is 12.1 Å². The van der Waals surface area contributed by atoms with E-state index in [9.17, 15) is 9.18 Å². The molecule has 114 valence electrons. The van der Waals surface area contributed by atoms with Crippen molar-refractivity contribution >= 4 is 17.4 Å². The average molecular weight is 293 g/mol. The molecule has 1 aliphatic heterocycles. The molecular formula is C15H20FN3O2. The summed E-state index contributed by atoms with van der Waals surface area (Å²) in [5.41, 5.74) is 5.69. The molecule has 2 rings (SSSR count). The van der Waals surface area contributed by atoms with Gasteiger partial charge in [0.15, 0.2) is 0 Å². The Morgan fingerprint density at radius 1 is 1.52 bits per heavy atom. The van der Waals surface area contributed by atoms with Gasteiger partial charge in [-0.2, -0.15) is 0 Å². The maximum Gasteiger partial charge on any atom is 0.226 e. The van der Waals surface area contributed by atoms with Gasteiger partial charge in [0.1, 0.15) is 23.8 Å². The summed E-state index contributed by atoms with van der Waals surface area (Å²) < 4.78 is 19.5. The van der Waals surface area contributed by atoms with E-state index in [0.29, 0.717) is 17.1 Å². The molecule has 0 saturated heterocycles. The minimum atomic E-state index is -0.884. The fraction of sp³-hybridized carbons (Fsp3) is 0.467. The maximum atomic E-state index is 14.1. The van der Waals surface area contributed by atoms with Crippen molar-refractivity contribution in [2.24, 2.45) is 16.6 Å². The van der Waals surface area contributed by atoms with Crippen molar-refractivity contribution in [3.8, 4) is 0 Å². The first-order chi connectivity index (χ1) is 9.82. The van der Waals surface area contributed by atoms with Gasteiger partial charge in [-0.25, -0.2) is 4.39 Å². The fourth-order valence-corrected chi connectivity index (χ4v) is 2.18. The third-order valence-corrected chi connectivity index (χ3v) is 3.36. The lowest BCUT2D eigenvalue weighted by molar-refractivity contribution is -0.118. The van der Waals surface area contributed by atoms with E-state index in [2.05, 4.69) is 10.3 Å². The van der Waals surface area contributed by atoms with Gasteiger partial charge in [0, 0.05) is 17.2 Å². The zero-order valence-electron chi connectivity index (χ0n) is 12.4. The van der Waals surface area contributed by atoms with Gasteiger partial charge in [-0.1, -0.05) is 13.8 Å². The molecule has 0 bridgehead atoms. The van der Waals surface area contributed by atoms with E-state index >= 15 is 0 Å². The van der Waals surface area contributed by atoms with Crippen LogP contribution in [0.5, 0.6) is 0 Å². The standard InChI is InChI=1S/C15H20FN3O2/c1-9(2)14(20)18-10-4-5-12(16)11(6-10)15(3)8-21-7-13(17)19-15/h4-6,9H,7-8H2,1-3H3,(H2,17,19)(H,18,20)/t15-/m0/s1. The molecular weight excluding hydrogens is 273 g/mol. The molecule has 3 N–H and O–H groups in total. The number of anilines is 1. The predicted octanol–water partition coefficient (Wildman–Crippen LogP) is 2.02. The maximum absolute atomic E-state index is 14.1. The lowest BCUT2D eigenvalue weighted by atomic mass is 9.91. The van der Waals surface area contributed by atoms with Crippen molar-refractivity contribution in [3.63, 3.8) is 0 Å². The summed E-state index contributed by atoms with van der Waals surface area (Å²) in [5, 5.41) is 2.75. The van der Waals surface area contributed by atoms with Crippen LogP contribution in [0.1, 0.15) is 26.3 Å². The molecule has 1 amide bonds. The zero-order valence-corrected chi connectivity index (χ0v) is 12.4. The molecule has 0 unspecified atom stereocenters. The first-order valence-corrected chi connectivity index (χ1v) is 6.84. The predicted molar refractivity (Wildman–Crippen MR) is 79.7 cm³/mol. The normalized spacial score (nSPS) is 22.0. The van der Waals surface area contributed by atoms with Crippen molar-refractivity contribution in [1.29, 1.82) is 0 Å². The SMILES string of the molecule is CC(C)C(=O)Nc1ccc(F)c([C@]2(C)COCC(N)=N2)c1. The Balaban J connectivity index is 2.35. The van der Waals surface area contributed by atoms with Crippen LogP contribution in [-0.4, -0.2) is 25.0 Å². The highest BCUT2D eigenvalue weighted by Crippen LogP contribution is 2.32. The Labute approximate surface area is 123 Å². The van der Waals surface area contributed by atoms with Crippen molar-refractivity contribution in [1.82, 2.24) is 0 Å². The number of benzene rings is 1. The van der Waals surface area contributed by atoms with Crippen LogP contribution in [0.2, 0.25) is 0 Å². The van der Waals surface area contributed by atoms with Crippen LogP contribution < -0.4 is 11.1 Å². The van der Waals surface area contributed by atoms with Crippen molar-refractivity contribution in [2.75, 3.05) is 18.5 Å². The van der Waals surface area contributed by atoms with Gasteiger partial charge >= 0.3 is 0 Å². The van der Waals surface area contributed by atoms with E-state index < -0.39 is 11.4 Å². The van der Waals surface area contributed by atoms with Crippen molar-refractivity contribution < 1.29 is 13.9 Å². The summed E-state index contributed by atoms with van der Waals surface area (Å²) in [6, 6.07) is 4.43. The number of nitrogens with two attached hydrogens (primary N) is 1. The van der Waals surface area contributed by atoms with Crippen LogP contribution in [0.3, 0.4) is 0 Å². The molecule has 1 aromatic rings. The van der Waals surface area contributed by atoms with Crippen LogP contribution in [0.25, 0.3) is 0 Å². The molecule has 0 saturated carbocycles. The lowest BCUT2D eigenvalue weighted by Gasteiger charge is -2.30. The number of rotatable bonds is 3. The van der Waals surface area contributed by atoms with Crippen molar-refractivity contribution in [2.45, 2.75) is 26.3 Å². The number of aliphatic imine (C=N–C) groups is 1. The number of carbonyl (C=O) groups excluding carboxylic acids is 1. The number of ether oxygens (including phenoxy) is 1. The van der Waals surface area contributed by atoms with E-state index in [0.717, 1.165) is 0 Å². The molecule has 5 nitrogen and oxygen atoms in total. The van der Waals surface area contributed by atoms with Gasteiger partial charge in [0.2, 0.25) is 5.91 Å². The van der Waals surface area contributed by atoms with Crippen LogP contribution in [0.4, 0.5) is 10.1 Å². The topological polar surface area (TPSA) is 76.7 Å². The molecule has 0 fully saturated rings. The summed E-state index contributed by atoms with van der Waals surface area (Å²) in [5.74, 6) is -0.344. The number of amides is 1. The Kier molecular flexibility index (Phi) is 4.27. The Morgan fingerprint density at radius 3 is 2.86 bits per heavy atom. The van der Waals surface area contributed by atoms with Crippen molar-refractivity contribution in [3.05, 3.63) is 29.6 Å². The second-order valence-electron chi connectivity index (χ2n) is 5.71. The summed E-state index contributed by atoms with van der Waals surface area (Å²) in [4.78, 5) is 16.1. The second kappa shape index (κ2) is 5.81. The summed E-state index contributed by atoms with van der Waals surface area (Å²) in [6.07, 6.45) is 0. The molecule has 1 aromatic carbocycles. The van der Waals surface area contributed by atoms with Gasteiger partial charge in [0.05, 0.1) is 6.61 Å². The number of hydrogen-bond acceptors (Lipinski definition) is 4. The Bertz CT molecular complexity index is 586. The number of nitrogens with zero attached hydrogens (tertiary/aromatic N) is 1. The first-order valence-electron chi connectivity index (χ1n) is 6.84. The quantitative estimate of drug-likeness (QED) is 0.895. The van der Waals surface area contributed by atoms with Crippen LogP contribution in [-0.2, 0) is 15.1 Å². The van der Waals surface area contributed by atoms with Gasteiger partial charge in [-0.05, 0) is 25.1 Å². The highest BCUT2D eigenvalue weighted by molar-refractivity contribution is 5.92. The highest BCUT2D eigenvalue weighted by Gasteiger charge is 2.32. The van der Waals surface area contributed by atoms with Gasteiger partial charge in [-0.3, -0.25) is 9.79 Å². The minimum Gasteiger partial charge on any atom is -0.386 e. The number of carbonyl (C=O) groups is 1. The molecule has 1 atom stereocenters. The smallest absolute Gasteiger partial charge is 0.226 e. The van der Waals surface area contributed by atoms with Crippen LogP contribution >= 0.6 is 0 Å². The third kappa shape index (κ3) is 3.39. The molecule has 0 aromatic heterocycles. The first kappa shape index (κ1) is 15.4. The molecule has 6 heteroatoms. The molecule has 0 aliphatic carbocycles. The largest absolute Gasteiger partial charge is 0.386 e. The van der Waals surface area contributed by atoms with Gasteiger partial charge in [0.25, 0.3) is 0 Å². The van der Waals surface area contributed by atoms with E-state index in [4.69, 9.17) is 10.5 Å². The molecule has 0 spiro atoms. The Hall–Kier alpha value is -1.95. The average Bonchev–Trinajstić information content (AvgIpc) is 2.40. The van der Waals surface area contributed by atoms with E-state index in [-0.39, 0.29) is 25.0 Å². The summed E-state index contributed by atoms with van der Waals surface area (Å²) in [6.45, 7) is 5.83. The summed E-state index contributed by atoms with van der Waals surface area (Å²) in [7, 11) is 0. The number of nitrogens with one attached hydrogen (secondary N) is 1. The van der Waals surface area contributed by atoms with Crippen LogP contribution in [0.15, 0.2) is 23.2 Å². The zero-order chi connectivity index (χ0) is 15.6. The molecule has 1 aliphatic rings. The van der Waals surface area contributed by atoms with Gasteiger partial charge in [-0.15, -0.1) is 0 Å². The van der Waals surface area contributed by atoms with Gasteiger partial charge < -0.3 is 15.8 Å². The third-order valence-electron chi connectivity index (χ3n) is 3.36. The number of hydrogen-bond donors (Lipinski definition) is 2. The molecule has 0 radical (unpaired) electrons. The van der Waals surface area contributed by atoms with Crippen LogP contribution in [0, 0.1) is 11.7 Å². The lowest BCUT2D eigenvalue weighted by Crippen LogP contribution is -2.38. The fourth-order valence-electron chi connectivity index (χ4n) is 2.18. The highest BCUT2D eigenvalue weighted by atomic mass is 19.1. The number of amidine groups is 1. The van der Waals surface area contributed by atoms with E-state index in [1.54, 1.807) is 26.8 Å². The monoisotopic (exact) mass is 293 g/mol. The molecule has 1 heterocycles. The second-order valence-corrected chi connectivity index (χ2v) is 5.71. The van der Waals surface area contributed by atoms with E-state index in [1.807, 2.05) is 0 Å². The minimum absolute atomic E-state index is 0.124.